The molecular weight excluding hydrogens is 376 g/mol. The lowest BCUT2D eigenvalue weighted by molar-refractivity contribution is 0.122. The van der Waals surface area contributed by atoms with Gasteiger partial charge in [-0.2, -0.15) is 0 Å². The number of aromatic nitrogens is 2. The fraction of sp³-hybridized carbons (Fsp3) is 0.333. The molecule has 0 bridgehead atoms. The van der Waals surface area contributed by atoms with E-state index in [0.717, 1.165) is 29.9 Å². The monoisotopic (exact) mass is 398 g/mol. The molecule has 28 heavy (non-hydrogen) atoms. The van der Waals surface area contributed by atoms with Crippen LogP contribution in [0.1, 0.15) is 24.1 Å². The number of aryl methyl sites for hydroxylation is 1. The van der Waals surface area contributed by atoms with E-state index < -0.39 is 0 Å². The summed E-state index contributed by atoms with van der Waals surface area (Å²) in [6, 6.07) is 11.2. The Labute approximate surface area is 168 Å². The van der Waals surface area contributed by atoms with Gasteiger partial charge in [-0.05, 0) is 49.7 Å². The molecule has 1 N–H and O–H groups in total. The van der Waals surface area contributed by atoms with Crippen molar-refractivity contribution in [3.8, 4) is 0 Å². The molecule has 0 amide bonds. The molecule has 0 radical (unpaired) electrons. The second-order valence-electron chi connectivity index (χ2n) is 7.09. The lowest BCUT2D eigenvalue weighted by Gasteiger charge is -2.28. The zero-order valence-electron chi connectivity index (χ0n) is 16.0. The van der Waals surface area contributed by atoms with E-state index in [1.807, 2.05) is 37.4 Å². The number of fused-ring (bicyclic) bond motifs is 1. The molecule has 0 spiro atoms. The van der Waals surface area contributed by atoms with Crippen LogP contribution in [0.25, 0.3) is 5.65 Å². The zero-order chi connectivity index (χ0) is 19.7. The number of hydrogen-bond acceptors (Lipinski definition) is 5. The topological polar surface area (TPSA) is 58.9 Å². The van der Waals surface area contributed by atoms with Crippen LogP contribution in [-0.2, 0) is 4.74 Å². The Kier molecular flexibility index (Phi) is 5.24. The molecule has 1 aliphatic heterocycles. The summed E-state index contributed by atoms with van der Waals surface area (Å²) < 4.78 is 7.05. The molecule has 1 unspecified atom stereocenters. The van der Waals surface area contributed by atoms with Crippen molar-refractivity contribution in [3.63, 3.8) is 0 Å². The Morgan fingerprint density at radius 3 is 2.61 bits per heavy atom. The number of nitrogens with zero attached hydrogens (tertiary/aromatic N) is 3. The quantitative estimate of drug-likeness (QED) is 0.726. The Balaban J connectivity index is 1.76. The summed E-state index contributed by atoms with van der Waals surface area (Å²) in [7, 11) is 0. The number of pyridine rings is 1. The van der Waals surface area contributed by atoms with Gasteiger partial charge < -0.3 is 15.0 Å². The first kappa shape index (κ1) is 18.8. The first-order valence-corrected chi connectivity index (χ1v) is 9.78. The molecule has 6 nitrogen and oxygen atoms in total. The minimum Gasteiger partial charge on any atom is -0.378 e. The molecule has 0 saturated carbocycles. The third-order valence-electron chi connectivity index (χ3n) is 4.94. The summed E-state index contributed by atoms with van der Waals surface area (Å²) in [6.45, 7) is 6.83. The van der Waals surface area contributed by atoms with Gasteiger partial charge in [-0.25, -0.2) is 4.98 Å². The van der Waals surface area contributed by atoms with Gasteiger partial charge in [-0.3, -0.25) is 9.20 Å². The van der Waals surface area contributed by atoms with E-state index in [4.69, 9.17) is 21.3 Å². The first-order chi connectivity index (χ1) is 13.5. The van der Waals surface area contributed by atoms with Crippen molar-refractivity contribution in [2.45, 2.75) is 19.9 Å². The highest BCUT2D eigenvalue weighted by Gasteiger charge is 2.18. The van der Waals surface area contributed by atoms with Crippen LogP contribution in [0.5, 0.6) is 0 Å². The van der Waals surface area contributed by atoms with Gasteiger partial charge in [0.25, 0.3) is 5.56 Å². The molecule has 146 valence electrons. The van der Waals surface area contributed by atoms with Gasteiger partial charge in [-0.15, -0.1) is 0 Å². The predicted octanol–water partition coefficient (Wildman–Crippen LogP) is 3.67. The summed E-state index contributed by atoms with van der Waals surface area (Å²) in [5.74, 6) is 0.706. The lowest BCUT2D eigenvalue weighted by atomic mass is 10.1. The van der Waals surface area contributed by atoms with Crippen molar-refractivity contribution < 1.29 is 4.74 Å². The fourth-order valence-corrected chi connectivity index (χ4v) is 3.63. The number of ether oxygens (including phenoxy) is 1. The summed E-state index contributed by atoms with van der Waals surface area (Å²) in [5, 5.41) is 4.17. The maximum Gasteiger partial charge on any atom is 0.259 e. The van der Waals surface area contributed by atoms with Crippen LogP contribution < -0.4 is 15.8 Å². The summed E-state index contributed by atoms with van der Waals surface area (Å²) >= 11 is 5.98. The molecule has 3 heterocycles. The molecule has 3 aromatic rings. The van der Waals surface area contributed by atoms with Crippen molar-refractivity contribution in [1.82, 2.24) is 9.38 Å². The maximum absolute atomic E-state index is 12.8. The standard InChI is InChI=1S/C21H23ClN4O2/c1-14-11-18(15(2)23-17-5-3-16(22)4-6-17)21-24-19(12-20(27)26(21)13-14)25-7-9-28-10-8-25/h3-6,11-13,15,23H,7-10H2,1-2H3. The largest absolute Gasteiger partial charge is 0.378 e. The average Bonchev–Trinajstić information content (AvgIpc) is 2.70. The molecule has 4 rings (SSSR count). The van der Waals surface area contributed by atoms with E-state index in [1.54, 1.807) is 10.5 Å². The summed E-state index contributed by atoms with van der Waals surface area (Å²) in [6.07, 6.45) is 1.84. The molecule has 1 saturated heterocycles. The first-order valence-electron chi connectivity index (χ1n) is 9.40. The van der Waals surface area contributed by atoms with Crippen molar-refractivity contribution in [2.75, 3.05) is 36.5 Å². The van der Waals surface area contributed by atoms with E-state index >= 15 is 0 Å². The van der Waals surface area contributed by atoms with Gasteiger partial charge in [0.05, 0.1) is 19.3 Å². The molecular formula is C21H23ClN4O2. The van der Waals surface area contributed by atoms with Gasteiger partial charge in [-0.1, -0.05) is 11.6 Å². The van der Waals surface area contributed by atoms with E-state index in [2.05, 4.69) is 23.2 Å². The van der Waals surface area contributed by atoms with Crippen molar-refractivity contribution in [3.05, 3.63) is 69.1 Å². The van der Waals surface area contributed by atoms with Crippen LogP contribution in [0.2, 0.25) is 5.02 Å². The summed E-state index contributed by atoms with van der Waals surface area (Å²) in [4.78, 5) is 19.7. The molecule has 1 fully saturated rings. The molecule has 0 aliphatic carbocycles. The highest BCUT2D eigenvalue weighted by atomic mass is 35.5. The second-order valence-corrected chi connectivity index (χ2v) is 7.53. The van der Waals surface area contributed by atoms with Gasteiger partial charge in [0, 0.05) is 41.6 Å². The van der Waals surface area contributed by atoms with Gasteiger partial charge in [0.2, 0.25) is 0 Å². The summed E-state index contributed by atoms with van der Waals surface area (Å²) in [5.41, 5.74) is 3.55. The minimum absolute atomic E-state index is 0.0390. The SMILES string of the molecule is Cc1cc(C(C)Nc2ccc(Cl)cc2)c2nc(N3CCOCC3)cc(=O)n2c1. The number of rotatable bonds is 4. The number of hydrogen-bond donors (Lipinski definition) is 1. The number of morpholine rings is 1. The third kappa shape index (κ3) is 3.84. The van der Waals surface area contributed by atoms with E-state index in [-0.39, 0.29) is 11.6 Å². The van der Waals surface area contributed by atoms with Crippen LogP contribution in [0.4, 0.5) is 11.5 Å². The number of halogens is 1. The van der Waals surface area contributed by atoms with Crippen LogP contribution in [0.3, 0.4) is 0 Å². The van der Waals surface area contributed by atoms with Crippen LogP contribution in [0.15, 0.2) is 47.4 Å². The molecule has 1 aromatic carbocycles. The Hall–Kier alpha value is -2.57. The molecule has 7 heteroatoms. The molecule has 2 aromatic heterocycles. The average molecular weight is 399 g/mol. The van der Waals surface area contributed by atoms with Crippen molar-refractivity contribution >= 4 is 28.8 Å². The van der Waals surface area contributed by atoms with E-state index in [0.29, 0.717) is 29.7 Å². The normalized spacial score (nSPS) is 15.6. The van der Waals surface area contributed by atoms with Crippen LogP contribution in [0, 0.1) is 6.92 Å². The van der Waals surface area contributed by atoms with E-state index in [9.17, 15) is 4.79 Å². The maximum atomic E-state index is 12.8. The van der Waals surface area contributed by atoms with E-state index in [1.165, 1.54) is 0 Å². The Bertz CT molecular complexity index is 1040. The third-order valence-corrected chi connectivity index (χ3v) is 5.19. The van der Waals surface area contributed by atoms with Gasteiger partial charge in [0.15, 0.2) is 0 Å². The Morgan fingerprint density at radius 1 is 1.18 bits per heavy atom. The van der Waals surface area contributed by atoms with Crippen LogP contribution >= 0.6 is 11.6 Å². The highest BCUT2D eigenvalue weighted by molar-refractivity contribution is 6.30. The zero-order valence-corrected chi connectivity index (χ0v) is 16.7. The number of nitrogens with one attached hydrogen (secondary N) is 1. The molecule has 1 aliphatic rings. The number of benzene rings is 1. The fourth-order valence-electron chi connectivity index (χ4n) is 3.51. The lowest BCUT2D eigenvalue weighted by Crippen LogP contribution is -2.37. The molecule has 1 atom stereocenters. The van der Waals surface area contributed by atoms with Crippen molar-refractivity contribution in [1.29, 1.82) is 0 Å². The van der Waals surface area contributed by atoms with Crippen LogP contribution in [-0.4, -0.2) is 35.7 Å². The minimum atomic E-state index is -0.0739. The smallest absolute Gasteiger partial charge is 0.259 e. The van der Waals surface area contributed by atoms with Crippen molar-refractivity contribution in [2.24, 2.45) is 0 Å². The second kappa shape index (κ2) is 7.81. The Morgan fingerprint density at radius 2 is 1.89 bits per heavy atom. The number of anilines is 2. The van der Waals surface area contributed by atoms with Gasteiger partial charge >= 0.3 is 0 Å². The highest BCUT2D eigenvalue weighted by Crippen LogP contribution is 2.25. The van der Waals surface area contributed by atoms with Gasteiger partial charge in [0.1, 0.15) is 11.5 Å². The predicted molar refractivity (Wildman–Crippen MR) is 113 cm³/mol.